The van der Waals surface area contributed by atoms with Gasteiger partial charge in [-0.05, 0) is 37.5 Å². The fraction of sp³-hybridized carbons (Fsp3) is 0.273. The van der Waals surface area contributed by atoms with E-state index in [0.29, 0.717) is 0 Å². The molecular weight excluding hydrogens is 174 g/mol. The first-order valence-corrected chi connectivity index (χ1v) is 4.63. The average Bonchev–Trinajstić information content (AvgIpc) is 2.65. The van der Waals surface area contributed by atoms with Crippen LogP contribution >= 0.6 is 0 Å². The Morgan fingerprint density at radius 3 is 2.14 bits per heavy atom. The Balaban J connectivity index is 2.69. The van der Waals surface area contributed by atoms with E-state index in [-0.39, 0.29) is 0 Å². The highest BCUT2D eigenvalue weighted by Crippen LogP contribution is 2.19. The fourth-order valence-corrected chi connectivity index (χ4v) is 1.58. The molecule has 0 atom stereocenters. The highest BCUT2D eigenvalue weighted by Gasteiger charge is 2.07. The van der Waals surface area contributed by atoms with Gasteiger partial charge in [-0.1, -0.05) is 12.1 Å². The maximum Gasteiger partial charge on any atom is 0.0917 e. The van der Waals surface area contributed by atoms with E-state index >= 15 is 0 Å². The molecule has 0 fully saturated rings. The number of benzene rings is 1. The average molecular weight is 187 g/mol. The van der Waals surface area contributed by atoms with Gasteiger partial charge in [0.25, 0.3) is 0 Å². The molecule has 0 unspecified atom stereocenters. The number of hydrogen-bond acceptors (Lipinski definition) is 2. The van der Waals surface area contributed by atoms with Crippen molar-refractivity contribution in [3.63, 3.8) is 0 Å². The zero-order valence-electron chi connectivity index (χ0n) is 8.65. The largest absolute Gasteiger partial charge is 0.157 e. The van der Waals surface area contributed by atoms with Crippen LogP contribution in [0.25, 0.3) is 5.69 Å². The Labute approximate surface area is 83.4 Å². The lowest BCUT2D eigenvalue weighted by atomic mass is 10.0. The van der Waals surface area contributed by atoms with Gasteiger partial charge in [-0.15, -0.1) is 0 Å². The normalized spacial score (nSPS) is 10.5. The minimum Gasteiger partial charge on any atom is -0.157 e. The molecule has 2 rings (SSSR count). The summed E-state index contributed by atoms with van der Waals surface area (Å²) in [6, 6.07) is 4.22. The molecule has 0 radical (unpaired) electrons. The number of nitrogens with zero attached hydrogens (tertiary/aromatic N) is 3. The first-order chi connectivity index (χ1) is 6.70. The van der Waals surface area contributed by atoms with Crippen molar-refractivity contribution in [2.45, 2.75) is 20.8 Å². The second-order valence-corrected chi connectivity index (χ2v) is 3.49. The summed E-state index contributed by atoms with van der Waals surface area (Å²) in [5.74, 6) is 0. The summed E-state index contributed by atoms with van der Waals surface area (Å²) in [7, 11) is 0. The Morgan fingerprint density at radius 1 is 0.929 bits per heavy atom. The Morgan fingerprint density at radius 2 is 1.50 bits per heavy atom. The van der Waals surface area contributed by atoms with Crippen molar-refractivity contribution in [2.24, 2.45) is 0 Å². The summed E-state index contributed by atoms with van der Waals surface area (Å²) in [6.45, 7) is 6.27. The Hall–Kier alpha value is -1.64. The topological polar surface area (TPSA) is 30.7 Å². The van der Waals surface area contributed by atoms with E-state index in [1.165, 1.54) is 16.7 Å². The lowest BCUT2D eigenvalue weighted by molar-refractivity contribution is 0.741. The van der Waals surface area contributed by atoms with E-state index in [0.717, 1.165) is 5.69 Å². The minimum atomic E-state index is 1.09. The van der Waals surface area contributed by atoms with Crippen LogP contribution in [0.3, 0.4) is 0 Å². The molecule has 3 nitrogen and oxygen atoms in total. The molecule has 0 amide bonds. The molecule has 0 aliphatic heterocycles. The van der Waals surface area contributed by atoms with Gasteiger partial charge in [0, 0.05) is 0 Å². The zero-order chi connectivity index (χ0) is 10.1. The number of aromatic nitrogens is 3. The highest BCUT2D eigenvalue weighted by molar-refractivity contribution is 5.49. The van der Waals surface area contributed by atoms with E-state index in [9.17, 15) is 0 Å². The van der Waals surface area contributed by atoms with Crippen LogP contribution in [-0.2, 0) is 0 Å². The molecule has 3 heteroatoms. The van der Waals surface area contributed by atoms with Crippen LogP contribution in [0.5, 0.6) is 0 Å². The lowest BCUT2D eigenvalue weighted by Crippen LogP contribution is -2.04. The van der Waals surface area contributed by atoms with Crippen LogP contribution in [0.15, 0.2) is 24.5 Å². The van der Waals surface area contributed by atoms with Gasteiger partial charge < -0.3 is 0 Å². The third-order valence-corrected chi connectivity index (χ3v) is 2.52. The molecule has 0 aliphatic carbocycles. The summed E-state index contributed by atoms with van der Waals surface area (Å²) >= 11 is 0. The van der Waals surface area contributed by atoms with Crippen molar-refractivity contribution in [1.29, 1.82) is 0 Å². The van der Waals surface area contributed by atoms with E-state index in [2.05, 4.69) is 43.1 Å². The minimum absolute atomic E-state index is 1.09. The van der Waals surface area contributed by atoms with Gasteiger partial charge >= 0.3 is 0 Å². The summed E-state index contributed by atoms with van der Waals surface area (Å²) < 4.78 is 0. The number of hydrogen-bond donors (Lipinski definition) is 0. The van der Waals surface area contributed by atoms with E-state index in [1.807, 2.05) is 0 Å². The molecule has 14 heavy (non-hydrogen) atoms. The molecule has 1 aromatic heterocycles. The lowest BCUT2D eigenvalue weighted by Gasteiger charge is -2.10. The molecule has 1 aromatic carbocycles. The molecule has 0 aliphatic rings. The third-order valence-electron chi connectivity index (χ3n) is 2.52. The first kappa shape index (κ1) is 8.94. The molecule has 0 spiro atoms. The molecule has 0 N–H and O–H groups in total. The first-order valence-electron chi connectivity index (χ1n) is 4.63. The van der Waals surface area contributed by atoms with Gasteiger partial charge in [-0.2, -0.15) is 15.0 Å². The predicted octanol–water partition coefficient (Wildman–Crippen LogP) is 2.19. The van der Waals surface area contributed by atoms with Gasteiger partial charge in [-0.25, -0.2) is 0 Å². The predicted molar refractivity (Wildman–Crippen MR) is 55.6 cm³/mol. The standard InChI is InChI=1S/C11H13N3/c1-8-4-5-9(2)11(10(8)3)14-12-6-7-13-14/h4-7H,1-3H3. The van der Waals surface area contributed by atoms with E-state index in [1.54, 1.807) is 17.2 Å². The van der Waals surface area contributed by atoms with Crippen molar-refractivity contribution in [1.82, 2.24) is 15.0 Å². The van der Waals surface area contributed by atoms with Crippen LogP contribution in [0.4, 0.5) is 0 Å². The molecule has 0 bridgehead atoms. The van der Waals surface area contributed by atoms with Gasteiger partial charge in [0.2, 0.25) is 0 Å². The van der Waals surface area contributed by atoms with Crippen LogP contribution < -0.4 is 0 Å². The molecular formula is C11H13N3. The summed E-state index contributed by atoms with van der Waals surface area (Å²) in [6.07, 6.45) is 3.39. The smallest absolute Gasteiger partial charge is 0.0917 e. The highest BCUT2D eigenvalue weighted by atomic mass is 15.5. The second-order valence-electron chi connectivity index (χ2n) is 3.49. The molecule has 1 heterocycles. The van der Waals surface area contributed by atoms with Crippen LogP contribution in [0, 0.1) is 20.8 Å². The maximum atomic E-state index is 4.15. The van der Waals surface area contributed by atoms with Gasteiger partial charge in [-0.3, -0.25) is 0 Å². The molecule has 2 aromatic rings. The third kappa shape index (κ3) is 1.31. The van der Waals surface area contributed by atoms with Gasteiger partial charge in [0.1, 0.15) is 0 Å². The van der Waals surface area contributed by atoms with Crippen LogP contribution in [0.1, 0.15) is 16.7 Å². The van der Waals surface area contributed by atoms with Crippen LogP contribution in [-0.4, -0.2) is 15.0 Å². The maximum absolute atomic E-state index is 4.15. The van der Waals surface area contributed by atoms with Crippen molar-refractivity contribution >= 4 is 0 Å². The zero-order valence-corrected chi connectivity index (χ0v) is 8.65. The molecule has 72 valence electrons. The SMILES string of the molecule is Cc1ccc(C)c(-n2nccn2)c1C. The van der Waals surface area contributed by atoms with Crippen molar-refractivity contribution in [3.05, 3.63) is 41.2 Å². The molecule has 0 saturated heterocycles. The summed E-state index contributed by atoms with van der Waals surface area (Å²) in [4.78, 5) is 1.68. The van der Waals surface area contributed by atoms with Gasteiger partial charge in [0.15, 0.2) is 0 Å². The quantitative estimate of drug-likeness (QED) is 0.685. The van der Waals surface area contributed by atoms with Crippen molar-refractivity contribution in [2.75, 3.05) is 0 Å². The second kappa shape index (κ2) is 3.25. The van der Waals surface area contributed by atoms with Crippen molar-refractivity contribution < 1.29 is 0 Å². The molecule has 0 saturated carbocycles. The number of rotatable bonds is 1. The number of aryl methyl sites for hydroxylation is 2. The monoisotopic (exact) mass is 187 g/mol. The summed E-state index contributed by atoms with van der Waals surface area (Å²) in [5, 5.41) is 8.31. The Kier molecular flexibility index (Phi) is 2.08. The fourth-order valence-electron chi connectivity index (χ4n) is 1.58. The van der Waals surface area contributed by atoms with Gasteiger partial charge in [0.05, 0.1) is 18.1 Å². The van der Waals surface area contributed by atoms with Crippen molar-refractivity contribution in [3.8, 4) is 5.69 Å². The van der Waals surface area contributed by atoms with E-state index in [4.69, 9.17) is 0 Å². The van der Waals surface area contributed by atoms with E-state index < -0.39 is 0 Å². The van der Waals surface area contributed by atoms with Crippen LogP contribution in [0.2, 0.25) is 0 Å². The summed E-state index contributed by atoms with van der Waals surface area (Å²) in [5.41, 5.74) is 4.79. The Bertz CT molecular complexity index is 444.